The standard InChI is InChI=1S/C13H19N3O/c1-10(14)11-2-4-12(5-3-11)16-8-6-13(17)15-7-9-16/h2-5,10H,6-9,14H2,1H3,(H,15,17). The molecule has 92 valence electrons. The van der Waals surface area contributed by atoms with Gasteiger partial charge in [-0.05, 0) is 24.6 Å². The monoisotopic (exact) mass is 233 g/mol. The third-order valence-corrected chi connectivity index (χ3v) is 3.10. The summed E-state index contributed by atoms with van der Waals surface area (Å²) in [6.45, 7) is 4.34. The van der Waals surface area contributed by atoms with Crippen LogP contribution in [0.1, 0.15) is 24.9 Å². The van der Waals surface area contributed by atoms with Crippen LogP contribution in [-0.4, -0.2) is 25.5 Å². The molecule has 1 aliphatic heterocycles. The number of anilines is 1. The summed E-state index contributed by atoms with van der Waals surface area (Å²) in [7, 11) is 0. The maximum atomic E-state index is 11.2. The van der Waals surface area contributed by atoms with E-state index in [2.05, 4.69) is 34.5 Å². The van der Waals surface area contributed by atoms with Crippen LogP contribution in [-0.2, 0) is 4.79 Å². The van der Waals surface area contributed by atoms with Crippen LogP contribution in [0.2, 0.25) is 0 Å². The lowest BCUT2D eigenvalue weighted by atomic mass is 10.1. The van der Waals surface area contributed by atoms with Crippen molar-refractivity contribution in [1.82, 2.24) is 5.32 Å². The maximum absolute atomic E-state index is 11.2. The molecule has 2 rings (SSSR count). The molecule has 1 unspecified atom stereocenters. The molecule has 1 amide bonds. The number of rotatable bonds is 2. The van der Waals surface area contributed by atoms with Gasteiger partial charge < -0.3 is 16.0 Å². The molecule has 1 atom stereocenters. The minimum atomic E-state index is 0.0661. The van der Waals surface area contributed by atoms with E-state index in [0.717, 1.165) is 24.3 Å². The zero-order chi connectivity index (χ0) is 12.3. The fourth-order valence-electron chi connectivity index (χ4n) is 2.01. The predicted octanol–water partition coefficient (Wildman–Crippen LogP) is 1.03. The van der Waals surface area contributed by atoms with Gasteiger partial charge in [-0.15, -0.1) is 0 Å². The van der Waals surface area contributed by atoms with Crippen molar-refractivity contribution in [3.63, 3.8) is 0 Å². The van der Waals surface area contributed by atoms with Gasteiger partial charge in [-0.3, -0.25) is 4.79 Å². The number of hydrogen-bond acceptors (Lipinski definition) is 3. The molecule has 0 saturated carbocycles. The van der Waals surface area contributed by atoms with E-state index in [-0.39, 0.29) is 11.9 Å². The summed E-state index contributed by atoms with van der Waals surface area (Å²) in [4.78, 5) is 13.5. The minimum Gasteiger partial charge on any atom is -0.369 e. The van der Waals surface area contributed by atoms with Gasteiger partial charge in [0.2, 0.25) is 5.91 Å². The summed E-state index contributed by atoms with van der Waals surface area (Å²) in [5, 5.41) is 2.87. The van der Waals surface area contributed by atoms with Gasteiger partial charge in [0, 0.05) is 37.8 Å². The number of nitrogens with two attached hydrogens (primary N) is 1. The van der Waals surface area contributed by atoms with Crippen molar-refractivity contribution in [2.75, 3.05) is 24.5 Å². The van der Waals surface area contributed by atoms with Crippen molar-refractivity contribution in [3.05, 3.63) is 29.8 Å². The second kappa shape index (κ2) is 5.19. The number of carbonyl (C=O) groups excluding carboxylic acids is 1. The Morgan fingerprint density at radius 2 is 2.00 bits per heavy atom. The fraction of sp³-hybridized carbons (Fsp3) is 0.462. The van der Waals surface area contributed by atoms with Crippen LogP contribution in [0, 0.1) is 0 Å². The second-order valence-corrected chi connectivity index (χ2v) is 4.47. The summed E-state index contributed by atoms with van der Waals surface area (Å²) in [5.74, 6) is 0.139. The van der Waals surface area contributed by atoms with E-state index in [1.165, 1.54) is 0 Å². The number of amides is 1. The van der Waals surface area contributed by atoms with Crippen LogP contribution in [0.3, 0.4) is 0 Å². The molecule has 3 N–H and O–H groups in total. The molecule has 1 saturated heterocycles. The Balaban J connectivity index is 2.08. The normalized spacial score (nSPS) is 18.5. The molecule has 0 radical (unpaired) electrons. The number of benzene rings is 1. The van der Waals surface area contributed by atoms with E-state index in [4.69, 9.17) is 5.73 Å². The van der Waals surface area contributed by atoms with E-state index in [1.54, 1.807) is 0 Å². The van der Waals surface area contributed by atoms with Gasteiger partial charge in [0.1, 0.15) is 0 Å². The fourth-order valence-corrected chi connectivity index (χ4v) is 2.01. The number of carbonyl (C=O) groups is 1. The summed E-state index contributed by atoms with van der Waals surface area (Å²) >= 11 is 0. The lowest BCUT2D eigenvalue weighted by Gasteiger charge is -2.22. The van der Waals surface area contributed by atoms with Crippen molar-refractivity contribution in [1.29, 1.82) is 0 Å². The Hall–Kier alpha value is -1.55. The first-order valence-electron chi connectivity index (χ1n) is 6.04. The topological polar surface area (TPSA) is 58.4 Å². The smallest absolute Gasteiger partial charge is 0.221 e. The molecule has 0 aliphatic carbocycles. The van der Waals surface area contributed by atoms with Crippen LogP contribution < -0.4 is 16.0 Å². The largest absolute Gasteiger partial charge is 0.369 e. The molecule has 4 nitrogen and oxygen atoms in total. The highest BCUT2D eigenvalue weighted by atomic mass is 16.1. The van der Waals surface area contributed by atoms with Gasteiger partial charge in [0.25, 0.3) is 0 Å². The molecular formula is C13H19N3O. The van der Waals surface area contributed by atoms with Crippen LogP contribution in [0.25, 0.3) is 0 Å². The quantitative estimate of drug-likeness (QED) is 0.802. The molecule has 0 spiro atoms. The lowest BCUT2D eigenvalue weighted by molar-refractivity contribution is -0.120. The van der Waals surface area contributed by atoms with Crippen molar-refractivity contribution in [2.24, 2.45) is 5.73 Å². The maximum Gasteiger partial charge on any atom is 0.221 e. The van der Waals surface area contributed by atoms with Gasteiger partial charge in [-0.2, -0.15) is 0 Å². The Kier molecular flexibility index (Phi) is 3.64. The minimum absolute atomic E-state index is 0.0661. The van der Waals surface area contributed by atoms with Crippen molar-refractivity contribution in [2.45, 2.75) is 19.4 Å². The van der Waals surface area contributed by atoms with Crippen molar-refractivity contribution in [3.8, 4) is 0 Å². The van der Waals surface area contributed by atoms with Crippen molar-refractivity contribution >= 4 is 11.6 Å². The average molecular weight is 233 g/mol. The van der Waals surface area contributed by atoms with Gasteiger partial charge in [0.15, 0.2) is 0 Å². The molecule has 1 aromatic rings. The zero-order valence-corrected chi connectivity index (χ0v) is 10.1. The van der Waals surface area contributed by atoms with Gasteiger partial charge in [-0.25, -0.2) is 0 Å². The highest BCUT2D eigenvalue weighted by Gasteiger charge is 2.13. The predicted molar refractivity (Wildman–Crippen MR) is 68.9 cm³/mol. The summed E-state index contributed by atoms with van der Waals surface area (Å²) in [6, 6.07) is 8.33. The molecule has 0 aromatic heterocycles. The van der Waals surface area contributed by atoms with E-state index in [9.17, 15) is 4.79 Å². The third-order valence-electron chi connectivity index (χ3n) is 3.10. The van der Waals surface area contributed by atoms with Crippen LogP contribution in [0.15, 0.2) is 24.3 Å². The summed E-state index contributed by atoms with van der Waals surface area (Å²) < 4.78 is 0. The molecule has 17 heavy (non-hydrogen) atoms. The number of hydrogen-bond donors (Lipinski definition) is 2. The summed E-state index contributed by atoms with van der Waals surface area (Å²) in [6.07, 6.45) is 0.565. The molecule has 0 bridgehead atoms. The highest BCUT2D eigenvalue weighted by Crippen LogP contribution is 2.18. The molecule has 1 aliphatic rings. The Bertz CT molecular complexity index is 386. The Morgan fingerprint density at radius 3 is 2.65 bits per heavy atom. The molecule has 1 heterocycles. The van der Waals surface area contributed by atoms with E-state index < -0.39 is 0 Å². The lowest BCUT2D eigenvalue weighted by Crippen LogP contribution is -2.28. The third kappa shape index (κ3) is 2.97. The Morgan fingerprint density at radius 1 is 1.29 bits per heavy atom. The first-order valence-corrected chi connectivity index (χ1v) is 6.04. The van der Waals surface area contributed by atoms with E-state index in [1.807, 2.05) is 6.92 Å². The van der Waals surface area contributed by atoms with Gasteiger partial charge in [0.05, 0.1) is 0 Å². The van der Waals surface area contributed by atoms with E-state index in [0.29, 0.717) is 13.0 Å². The van der Waals surface area contributed by atoms with Crippen LogP contribution >= 0.6 is 0 Å². The molecule has 4 heteroatoms. The zero-order valence-electron chi connectivity index (χ0n) is 10.1. The van der Waals surface area contributed by atoms with Crippen molar-refractivity contribution < 1.29 is 4.79 Å². The molecule has 1 fully saturated rings. The molecular weight excluding hydrogens is 214 g/mol. The van der Waals surface area contributed by atoms with Gasteiger partial charge in [-0.1, -0.05) is 12.1 Å². The molecule has 1 aromatic carbocycles. The Labute approximate surface area is 102 Å². The van der Waals surface area contributed by atoms with Crippen LogP contribution in [0.4, 0.5) is 5.69 Å². The number of nitrogens with one attached hydrogen (secondary N) is 1. The second-order valence-electron chi connectivity index (χ2n) is 4.47. The average Bonchev–Trinajstić information content (AvgIpc) is 2.54. The number of nitrogens with zero attached hydrogens (tertiary/aromatic N) is 1. The van der Waals surface area contributed by atoms with Crippen LogP contribution in [0.5, 0.6) is 0 Å². The summed E-state index contributed by atoms with van der Waals surface area (Å²) in [5.41, 5.74) is 8.11. The highest BCUT2D eigenvalue weighted by molar-refractivity contribution is 5.77. The van der Waals surface area contributed by atoms with E-state index >= 15 is 0 Å². The SMILES string of the molecule is CC(N)c1ccc(N2CCNC(=O)CC2)cc1. The van der Waals surface area contributed by atoms with Gasteiger partial charge >= 0.3 is 0 Å². The first-order chi connectivity index (χ1) is 8.16. The first kappa shape index (κ1) is 11.9.